The number of amides is 3. The third kappa shape index (κ3) is 4.59. The Morgan fingerprint density at radius 1 is 1.24 bits per heavy atom. The molecule has 0 bridgehead atoms. The average Bonchev–Trinajstić information content (AvgIpc) is 2.85. The number of morpholine rings is 1. The first-order valence-corrected chi connectivity index (χ1v) is 9.09. The number of thioether (sulfide) groups is 1. The lowest BCUT2D eigenvalue weighted by Gasteiger charge is -2.29. The molecular formula is C17H21N3O4S. The lowest BCUT2D eigenvalue weighted by Crippen LogP contribution is -2.46. The molecule has 1 aromatic rings. The smallest absolute Gasteiger partial charge is 0.290 e. The number of carbonyl (C=O) groups is 3. The van der Waals surface area contributed by atoms with Crippen molar-refractivity contribution in [3.63, 3.8) is 0 Å². The molecular weight excluding hydrogens is 342 g/mol. The van der Waals surface area contributed by atoms with Gasteiger partial charge in [-0.15, -0.1) is 0 Å². The number of ether oxygens (including phenoxy) is 1. The molecule has 7 nitrogen and oxygen atoms in total. The summed E-state index contributed by atoms with van der Waals surface area (Å²) in [6.45, 7) is 4.83. The zero-order valence-electron chi connectivity index (χ0n) is 14.1. The van der Waals surface area contributed by atoms with Crippen molar-refractivity contribution in [3.8, 4) is 0 Å². The van der Waals surface area contributed by atoms with Crippen LogP contribution in [0.15, 0.2) is 24.3 Å². The molecule has 0 radical (unpaired) electrons. The van der Waals surface area contributed by atoms with Crippen LogP contribution in [0.2, 0.25) is 0 Å². The minimum atomic E-state index is -0.654. The number of anilines is 1. The maximum atomic E-state index is 12.5. The lowest BCUT2D eigenvalue weighted by atomic mass is 10.2. The molecule has 1 N–H and O–H groups in total. The maximum Gasteiger partial charge on any atom is 0.290 e. The third-order valence-electron chi connectivity index (χ3n) is 4.16. The van der Waals surface area contributed by atoms with Gasteiger partial charge in [0.05, 0.1) is 19.9 Å². The predicted octanol–water partition coefficient (Wildman–Crippen LogP) is 1.68. The summed E-state index contributed by atoms with van der Waals surface area (Å²) in [5.74, 6) is -0.559. The molecule has 25 heavy (non-hydrogen) atoms. The van der Waals surface area contributed by atoms with Crippen molar-refractivity contribution in [2.24, 2.45) is 0 Å². The Kier molecular flexibility index (Phi) is 5.72. The number of aryl methyl sites for hydroxylation is 1. The van der Waals surface area contributed by atoms with Gasteiger partial charge in [0, 0.05) is 25.2 Å². The molecule has 2 aliphatic heterocycles. The SMILES string of the molecule is Cc1ccc(NC(=O)C[C@@H]2SC(=O)N(CN3CCOCC3)C2=O)cc1. The van der Waals surface area contributed by atoms with Crippen LogP contribution in [0.25, 0.3) is 0 Å². The lowest BCUT2D eigenvalue weighted by molar-refractivity contribution is -0.130. The van der Waals surface area contributed by atoms with Gasteiger partial charge in [0.25, 0.3) is 5.24 Å². The zero-order valence-corrected chi connectivity index (χ0v) is 14.9. The second kappa shape index (κ2) is 7.99. The van der Waals surface area contributed by atoms with Gasteiger partial charge in [0.15, 0.2) is 0 Å². The summed E-state index contributed by atoms with van der Waals surface area (Å²) in [6.07, 6.45) is -0.0112. The van der Waals surface area contributed by atoms with Gasteiger partial charge >= 0.3 is 0 Å². The second-order valence-corrected chi connectivity index (χ2v) is 7.28. The van der Waals surface area contributed by atoms with Crippen molar-refractivity contribution in [1.29, 1.82) is 0 Å². The van der Waals surface area contributed by atoms with E-state index in [1.165, 1.54) is 4.90 Å². The van der Waals surface area contributed by atoms with Crippen molar-refractivity contribution in [2.75, 3.05) is 38.3 Å². The fraction of sp³-hybridized carbons (Fsp3) is 0.471. The number of hydrogen-bond acceptors (Lipinski definition) is 6. The first-order chi connectivity index (χ1) is 12.0. The predicted molar refractivity (Wildman–Crippen MR) is 95.3 cm³/mol. The van der Waals surface area contributed by atoms with E-state index in [1.54, 1.807) is 0 Å². The van der Waals surface area contributed by atoms with E-state index in [1.807, 2.05) is 36.1 Å². The van der Waals surface area contributed by atoms with Crippen LogP contribution in [-0.2, 0) is 14.3 Å². The molecule has 2 saturated heterocycles. The van der Waals surface area contributed by atoms with Crippen LogP contribution in [-0.4, -0.2) is 65.1 Å². The summed E-state index contributed by atoms with van der Waals surface area (Å²) in [5.41, 5.74) is 1.78. The van der Waals surface area contributed by atoms with Crippen LogP contribution in [0.1, 0.15) is 12.0 Å². The van der Waals surface area contributed by atoms with Gasteiger partial charge in [-0.25, -0.2) is 0 Å². The zero-order chi connectivity index (χ0) is 17.8. The third-order valence-corrected chi connectivity index (χ3v) is 5.23. The number of hydrogen-bond donors (Lipinski definition) is 1. The summed E-state index contributed by atoms with van der Waals surface area (Å²) in [5, 5.41) is 1.83. The highest BCUT2D eigenvalue weighted by atomic mass is 32.2. The van der Waals surface area contributed by atoms with E-state index in [9.17, 15) is 14.4 Å². The molecule has 134 valence electrons. The Balaban J connectivity index is 1.54. The fourth-order valence-electron chi connectivity index (χ4n) is 2.72. The highest BCUT2D eigenvalue weighted by Gasteiger charge is 2.41. The Hall–Kier alpha value is -1.90. The standard InChI is InChI=1S/C17H21N3O4S/c1-12-2-4-13(5-3-12)18-15(21)10-14-16(22)20(17(23)25-14)11-19-6-8-24-9-7-19/h2-5,14H,6-11H2,1H3,(H,18,21)/t14-/m0/s1. The monoisotopic (exact) mass is 363 g/mol. The first kappa shape index (κ1) is 17.9. The minimum Gasteiger partial charge on any atom is -0.379 e. The first-order valence-electron chi connectivity index (χ1n) is 8.21. The molecule has 8 heteroatoms. The van der Waals surface area contributed by atoms with Gasteiger partial charge < -0.3 is 10.1 Å². The van der Waals surface area contributed by atoms with Crippen molar-refractivity contribution in [3.05, 3.63) is 29.8 Å². The molecule has 2 fully saturated rings. The largest absolute Gasteiger partial charge is 0.379 e. The van der Waals surface area contributed by atoms with Crippen molar-refractivity contribution < 1.29 is 19.1 Å². The van der Waals surface area contributed by atoms with E-state index in [4.69, 9.17) is 4.74 Å². The van der Waals surface area contributed by atoms with Crippen LogP contribution in [0, 0.1) is 6.92 Å². The summed E-state index contributed by atoms with van der Waals surface area (Å²) in [4.78, 5) is 40.0. The number of carbonyl (C=O) groups excluding carboxylic acids is 3. The summed E-state index contributed by atoms with van der Waals surface area (Å²) < 4.78 is 5.27. The van der Waals surface area contributed by atoms with Crippen LogP contribution >= 0.6 is 11.8 Å². The second-order valence-electron chi connectivity index (χ2n) is 6.13. The van der Waals surface area contributed by atoms with Gasteiger partial charge in [-0.2, -0.15) is 0 Å². The number of imide groups is 1. The highest BCUT2D eigenvalue weighted by molar-refractivity contribution is 8.15. The Labute approximate surface area is 150 Å². The number of nitrogens with zero attached hydrogens (tertiary/aromatic N) is 2. The van der Waals surface area contributed by atoms with E-state index in [2.05, 4.69) is 5.32 Å². The van der Waals surface area contributed by atoms with Gasteiger partial charge in [-0.3, -0.25) is 24.2 Å². The number of rotatable bonds is 5. The molecule has 3 rings (SSSR count). The van der Waals surface area contributed by atoms with E-state index < -0.39 is 5.25 Å². The maximum absolute atomic E-state index is 12.5. The van der Waals surface area contributed by atoms with E-state index in [0.717, 1.165) is 17.3 Å². The van der Waals surface area contributed by atoms with Gasteiger partial charge in [-0.1, -0.05) is 29.5 Å². The molecule has 1 aromatic carbocycles. The van der Waals surface area contributed by atoms with Crippen molar-refractivity contribution in [1.82, 2.24) is 9.80 Å². The normalized spacial score (nSPS) is 21.6. The van der Waals surface area contributed by atoms with Crippen LogP contribution < -0.4 is 5.32 Å². The van der Waals surface area contributed by atoms with Crippen LogP contribution in [0.3, 0.4) is 0 Å². The Morgan fingerprint density at radius 2 is 1.92 bits per heavy atom. The number of benzene rings is 1. The summed E-state index contributed by atoms with van der Waals surface area (Å²) in [6, 6.07) is 7.43. The van der Waals surface area contributed by atoms with Crippen molar-refractivity contribution >= 4 is 34.5 Å². The Morgan fingerprint density at radius 3 is 2.60 bits per heavy atom. The molecule has 1 atom stereocenters. The molecule has 0 aliphatic carbocycles. The average molecular weight is 363 g/mol. The van der Waals surface area contributed by atoms with Gasteiger partial charge in [-0.05, 0) is 19.1 Å². The quantitative estimate of drug-likeness (QED) is 0.857. The molecule has 0 saturated carbocycles. The van der Waals surface area contributed by atoms with Crippen LogP contribution in [0.4, 0.5) is 10.5 Å². The highest BCUT2D eigenvalue weighted by Crippen LogP contribution is 2.29. The molecule has 0 spiro atoms. The molecule has 3 amide bonds. The van der Waals surface area contributed by atoms with E-state index in [0.29, 0.717) is 32.0 Å². The molecule has 2 aliphatic rings. The molecule has 0 aromatic heterocycles. The van der Waals surface area contributed by atoms with E-state index >= 15 is 0 Å². The topological polar surface area (TPSA) is 79.0 Å². The number of nitrogens with one attached hydrogen (secondary N) is 1. The van der Waals surface area contributed by atoms with Gasteiger partial charge in [0.1, 0.15) is 5.25 Å². The van der Waals surface area contributed by atoms with Crippen molar-refractivity contribution in [2.45, 2.75) is 18.6 Å². The Bertz CT molecular complexity index is 658. The van der Waals surface area contributed by atoms with E-state index in [-0.39, 0.29) is 30.1 Å². The minimum absolute atomic E-state index is 0.0112. The molecule has 2 heterocycles. The van der Waals surface area contributed by atoms with Crippen LogP contribution in [0.5, 0.6) is 0 Å². The summed E-state index contributed by atoms with van der Waals surface area (Å²) >= 11 is 0.930. The van der Waals surface area contributed by atoms with Gasteiger partial charge in [0.2, 0.25) is 11.8 Å². The summed E-state index contributed by atoms with van der Waals surface area (Å²) in [7, 11) is 0. The fourth-order valence-corrected chi connectivity index (χ4v) is 3.70. The molecule has 0 unspecified atom stereocenters.